The number of ether oxygens (including phenoxy) is 1. The summed E-state index contributed by atoms with van der Waals surface area (Å²) in [5.41, 5.74) is 9.35. The Bertz CT molecular complexity index is 1150. The average Bonchev–Trinajstić information content (AvgIpc) is 2.72. The Hall–Kier alpha value is -3.00. The molecule has 0 saturated carbocycles. The highest BCUT2D eigenvalue weighted by Crippen LogP contribution is 2.47. The molecular weight excluding hydrogens is 463 g/mol. The summed E-state index contributed by atoms with van der Waals surface area (Å²) in [6.45, 7) is 3.82. The minimum absolute atomic E-state index is 0.0547. The largest absolute Gasteiger partial charge is 0.497 e. The molecule has 4 rings (SSSR count). The first kappa shape index (κ1) is 21.2. The fraction of sp³-hybridized carbons (Fsp3) is 0.261. The van der Waals surface area contributed by atoms with E-state index in [0.29, 0.717) is 21.4 Å². The molecule has 0 fully saturated rings. The number of amides is 1. The third kappa shape index (κ3) is 3.87. The lowest BCUT2D eigenvalue weighted by Crippen LogP contribution is -2.41. The van der Waals surface area contributed by atoms with Gasteiger partial charge in [-0.25, -0.2) is 14.4 Å². The number of carbonyl (C=O) groups excluding carboxylic acids is 1. The number of nitrogens with zero attached hydrogens (tertiary/aromatic N) is 2. The normalized spacial score (nSPS) is 18.8. The van der Waals surface area contributed by atoms with E-state index in [1.165, 1.54) is 12.1 Å². The molecule has 0 saturated heterocycles. The second-order valence-electron chi connectivity index (χ2n) is 7.63. The van der Waals surface area contributed by atoms with Gasteiger partial charge in [-0.3, -0.25) is 4.79 Å². The summed E-state index contributed by atoms with van der Waals surface area (Å²) in [7, 11) is 1.62. The minimum atomic E-state index is -0.444. The zero-order chi connectivity index (χ0) is 22.3. The summed E-state index contributed by atoms with van der Waals surface area (Å²) in [4.78, 5) is 21.7. The Balaban J connectivity index is 1.90. The lowest BCUT2D eigenvalue weighted by Gasteiger charge is -2.38. The van der Waals surface area contributed by atoms with Gasteiger partial charge in [-0.2, -0.15) is 0 Å². The average molecular weight is 485 g/mol. The predicted octanol–water partition coefficient (Wildman–Crippen LogP) is 4.65. The Morgan fingerprint density at radius 3 is 2.55 bits per heavy atom. The van der Waals surface area contributed by atoms with E-state index in [1.54, 1.807) is 20.1 Å². The van der Waals surface area contributed by atoms with Gasteiger partial charge in [0.1, 0.15) is 11.6 Å². The maximum atomic E-state index is 13.8. The monoisotopic (exact) mass is 484 g/mol. The number of nitrogens with one attached hydrogen (secondary N) is 1. The van der Waals surface area contributed by atoms with Crippen LogP contribution < -0.4 is 15.8 Å². The summed E-state index contributed by atoms with van der Waals surface area (Å²) in [6, 6.07) is 11.8. The number of nitrogens with two attached hydrogens (primary N) is 1. The van der Waals surface area contributed by atoms with Gasteiger partial charge in [-0.15, -0.1) is 0 Å². The Morgan fingerprint density at radius 1 is 1.19 bits per heavy atom. The van der Waals surface area contributed by atoms with Gasteiger partial charge in [-0.1, -0.05) is 41.1 Å². The van der Waals surface area contributed by atoms with E-state index >= 15 is 0 Å². The predicted molar refractivity (Wildman–Crippen MR) is 120 cm³/mol. The lowest BCUT2D eigenvalue weighted by molar-refractivity contribution is 0.0907. The molecule has 0 radical (unpaired) electrons. The molecule has 3 atom stereocenters. The molecule has 3 N–H and O–H groups in total. The number of carbonyl (C=O) groups is 1. The van der Waals surface area contributed by atoms with E-state index < -0.39 is 6.04 Å². The fourth-order valence-corrected chi connectivity index (χ4v) is 4.86. The smallest absolute Gasteiger partial charge is 0.255 e. The SMILES string of the molecule is COc1ccc([C@@H](C)C2c3nc(N)nc(C)c3C(=O)N[C@H]2c2ccc(F)cc2Br)cc1. The third-order valence-corrected chi connectivity index (χ3v) is 6.49. The molecule has 31 heavy (non-hydrogen) atoms. The summed E-state index contributed by atoms with van der Waals surface area (Å²) in [6.07, 6.45) is 0. The number of hydrogen-bond acceptors (Lipinski definition) is 5. The van der Waals surface area contributed by atoms with Gasteiger partial charge >= 0.3 is 0 Å². The Morgan fingerprint density at radius 2 is 1.90 bits per heavy atom. The van der Waals surface area contributed by atoms with Gasteiger partial charge < -0.3 is 15.8 Å². The van der Waals surface area contributed by atoms with Gasteiger partial charge in [0.2, 0.25) is 5.95 Å². The lowest BCUT2D eigenvalue weighted by atomic mass is 9.74. The number of nitrogen functional groups attached to an aromatic ring is 1. The number of rotatable bonds is 4. The van der Waals surface area contributed by atoms with Crippen molar-refractivity contribution >= 4 is 27.8 Å². The molecule has 8 heteroatoms. The van der Waals surface area contributed by atoms with Crippen LogP contribution in [0.25, 0.3) is 0 Å². The number of benzene rings is 2. The Kier molecular flexibility index (Phi) is 5.66. The van der Waals surface area contributed by atoms with Crippen molar-refractivity contribution in [3.05, 3.63) is 80.8 Å². The van der Waals surface area contributed by atoms with Crippen LogP contribution in [-0.2, 0) is 0 Å². The molecule has 1 amide bonds. The second-order valence-corrected chi connectivity index (χ2v) is 8.49. The molecule has 1 aliphatic heterocycles. The standard InChI is InChI=1S/C23H22BrFN4O2/c1-11(13-4-7-15(31-3)8-5-13)18-20(16-9-6-14(25)10-17(16)24)28-22(30)19-12(2)27-23(26)29-21(18)19/h4-11,18,20H,1-3H3,(H,28,30)(H2,26,27,29)/t11-,18?,20+/m1/s1. The van der Waals surface area contributed by atoms with Crippen LogP contribution in [0.2, 0.25) is 0 Å². The molecule has 2 heterocycles. The van der Waals surface area contributed by atoms with Crippen LogP contribution in [0.15, 0.2) is 46.9 Å². The molecule has 0 aliphatic carbocycles. The highest BCUT2D eigenvalue weighted by Gasteiger charge is 2.41. The van der Waals surface area contributed by atoms with Crippen LogP contribution in [0.4, 0.5) is 10.3 Å². The summed E-state index contributed by atoms with van der Waals surface area (Å²) >= 11 is 3.46. The summed E-state index contributed by atoms with van der Waals surface area (Å²) < 4.78 is 19.6. The van der Waals surface area contributed by atoms with Gasteiger partial charge in [0.15, 0.2) is 0 Å². The van der Waals surface area contributed by atoms with E-state index in [0.717, 1.165) is 16.9 Å². The van der Waals surface area contributed by atoms with E-state index in [9.17, 15) is 9.18 Å². The van der Waals surface area contributed by atoms with Crippen LogP contribution in [0, 0.1) is 12.7 Å². The number of methoxy groups -OCH3 is 1. The van der Waals surface area contributed by atoms with Gasteiger partial charge in [0, 0.05) is 10.4 Å². The highest BCUT2D eigenvalue weighted by atomic mass is 79.9. The van der Waals surface area contributed by atoms with Gasteiger partial charge in [-0.05, 0) is 48.2 Å². The van der Waals surface area contributed by atoms with Crippen LogP contribution in [0.5, 0.6) is 5.75 Å². The number of aromatic nitrogens is 2. The van der Waals surface area contributed by atoms with Crippen LogP contribution in [0.1, 0.15) is 57.7 Å². The molecule has 1 aliphatic rings. The quantitative estimate of drug-likeness (QED) is 0.562. The molecule has 1 unspecified atom stereocenters. The summed E-state index contributed by atoms with van der Waals surface area (Å²) in [5, 5.41) is 3.10. The third-order valence-electron chi connectivity index (χ3n) is 5.80. The molecular formula is C23H22BrFN4O2. The maximum Gasteiger partial charge on any atom is 0.255 e. The van der Waals surface area contributed by atoms with Gasteiger partial charge in [0.05, 0.1) is 30.1 Å². The van der Waals surface area contributed by atoms with Crippen LogP contribution >= 0.6 is 15.9 Å². The van der Waals surface area contributed by atoms with Crippen molar-refractivity contribution in [2.24, 2.45) is 0 Å². The van der Waals surface area contributed by atoms with E-state index in [-0.39, 0.29) is 29.5 Å². The van der Waals surface area contributed by atoms with E-state index in [1.807, 2.05) is 24.3 Å². The second kappa shape index (κ2) is 8.26. The molecule has 2 aromatic carbocycles. The maximum absolute atomic E-state index is 13.8. The summed E-state index contributed by atoms with van der Waals surface area (Å²) in [5.74, 6) is -0.0664. The van der Waals surface area contributed by atoms with Gasteiger partial charge in [0.25, 0.3) is 5.91 Å². The van der Waals surface area contributed by atoms with Crippen molar-refractivity contribution in [1.82, 2.24) is 15.3 Å². The minimum Gasteiger partial charge on any atom is -0.497 e. The van der Waals surface area contributed by atoms with Crippen LogP contribution in [0.3, 0.4) is 0 Å². The first-order valence-corrected chi connectivity index (χ1v) is 10.6. The van der Waals surface area contributed by atoms with Crippen molar-refractivity contribution in [2.45, 2.75) is 31.7 Å². The first-order chi connectivity index (χ1) is 14.8. The first-order valence-electron chi connectivity index (χ1n) is 9.84. The topological polar surface area (TPSA) is 90.1 Å². The van der Waals surface area contributed by atoms with E-state index in [4.69, 9.17) is 10.5 Å². The number of fused-ring (bicyclic) bond motifs is 1. The number of anilines is 1. The molecule has 3 aromatic rings. The Labute approximate surface area is 188 Å². The molecule has 0 spiro atoms. The molecule has 0 bridgehead atoms. The number of halogens is 2. The van der Waals surface area contributed by atoms with E-state index in [2.05, 4.69) is 38.1 Å². The highest BCUT2D eigenvalue weighted by molar-refractivity contribution is 9.10. The van der Waals surface area contributed by atoms with Crippen molar-refractivity contribution in [3.8, 4) is 5.75 Å². The van der Waals surface area contributed by atoms with Crippen molar-refractivity contribution in [3.63, 3.8) is 0 Å². The zero-order valence-corrected chi connectivity index (χ0v) is 18.9. The fourth-order valence-electron chi connectivity index (χ4n) is 4.27. The van der Waals surface area contributed by atoms with Crippen LogP contribution in [-0.4, -0.2) is 23.0 Å². The van der Waals surface area contributed by atoms with Crippen molar-refractivity contribution in [2.75, 3.05) is 12.8 Å². The zero-order valence-electron chi connectivity index (χ0n) is 17.3. The molecule has 1 aromatic heterocycles. The molecule has 160 valence electrons. The van der Waals surface area contributed by atoms with Crippen molar-refractivity contribution < 1.29 is 13.9 Å². The molecule has 6 nitrogen and oxygen atoms in total. The number of hydrogen-bond donors (Lipinski definition) is 2. The van der Waals surface area contributed by atoms with Crippen molar-refractivity contribution in [1.29, 1.82) is 0 Å². The number of aryl methyl sites for hydroxylation is 1.